The van der Waals surface area contributed by atoms with Crippen molar-refractivity contribution in [1.29, 1.82) is 0 Å². The van der Waals surface area contributed by atoms with Gasteiger partial charge in [-0.25, -0.2) is 9.59 Å². The van der Waals surface area contributed by atoms with Crippen molar-refractivity contribution in [2.75, 3.05) is 19.8 Å². The fourth-order valence-corrected chi connectivity index (χ4v) is 2.33. The Balaban J connectivity index is 1.81. The second-order valence-corrected chi connectivity index (χ2v) is 7.33. The quantitative estimate of drug-likeness (QED) is 0.509. The summed E-state index contributed by atoms with van der Waals surface area (Å²) in [5.74, 6) is -0.443. The first-order valence-corrected chi connectivity index (χ1v) is 9.43. The molecule has 0 unspecified atom stereocenters. The number of imide groups is 1. The third kappa shape index (κ3) is 8.22. The van der Waals surface area contributed by atoms with Gasteiger partial charge in [0, 0.05) is 5.54 Å². The Labute approximate surface area is 175 Å². The minimum Gasteiger partial charge on any atom is -0.490 e. The Hall–Kier alpha value is -3.55. The van der Waals surface area contributed by atoms with Crippen LogP contribution in [0.4, 0.5) is 4.79 Å². The topological polar surface area (TPSA) is 103 Å². The summed E-state index contributed by atoms with van der Waals surface area (Å²) in [6, 6.07) is 15.1. The van der Waals surface area contributed by atoms with Crippen molar-refractivity contribution in [3.63, 3.8) is 0 Å². The van der Waals surface area contributed by atoms with Gasteiger partial charge >= 0.3 is 12.0 Å². The average molecular weight is 414 g/mol. The number of rotatable bonds is 8. The molecule has 8 heteroatoms. The van der Waals surface area contributed by atoms with E-state index in [2.05, 4.69) is 10.6 Å². The molecule has 2 rings (SSSR count). The Bertz CT molecular complexity index is 861. The van der Waals surface area contributed by atoms with Gasteiger partial charge in [-0.05, 0) is 45.0 Å². The van der Waals surface area contributed by atoms with Crippen LogP contribution in [0.5, 0.6) is 11.5 Å². The van der Waals surface area contributed by atoms with Crippen LogP contribution in [0.2, 0.25) is 0 Å². The molecule has 0 atom stereocenters. The summed E-state index contributed by atoms with van der Waals surface area (Å²) in [7, 11) is 0. The van der Waals surface area contributed by atoms with Gasteiger partial charge in [-0.15, -0.1) is 0 Å². The summed E-state index contributed by atoms with van der Waals surface area (Å²) in [5, 5.41) is 4.68. The predicted molar refractivity (Wildman–Crippen MR) is 111 cm³/mol. The van der Waals surface area contributed by atoms with Gasteiger partial charge in [-0.3, -0.25) is 10.1 Å². The second-order valence-electron chi connectivity index (χ2n) is 7.33. The zero-order valence-corrected chi connectivity index (χ0v) is 17.3. The number of para-hydroxylation sites is 2. The number of urea groups is 1. The number of hydrogen-bond acceptors (Lipinski definition) is 6. The first-order chi connectivity index (χ1) is 14.2. The van der Waals surface area contributed by atoms with Gasteiger partial charge in [0.15, 0.2) is 6.61 Å². The molecule has 0 radical (unpaired) electrons. The van der Waals surface area contributed by atoms with E-state index in [4.69, 9.17) is 14.2 Å². The summed E-state index contributed by atoms with van der Waals surface area (Å²) in [6.07, 6.45) is 0. The fraction of sp³-hybridized carbons (Fsp3) is 0.318. The number of amides is 3. The van der Waals surface area contributed by atoms with E-state index in [1.165, 1.54) is 6.07 Å². The Morgan fingerprint density at radius 1 is 0.867 bits per heavy atom. The summed E-state index contributed by atoms with van der Waals surface area (Å²) in [5.41, 5.74) is -0.328. The molecule has 0 saturated carbocycles. The normalized spacial score (nSPS) is 10.6. The van der Waals surface area contributed by atoms with Crippen LogP contribution in [0.25, 0.3) is 0 Å². The molecule has 2 aromatic carbocycles. The van der Waals surface area contributed by atoms with E-state index in [1.54, 1.807) is 39.0 Å². The number of ether oxygens (including phenoxy) is 3. The molecule has 0 fully saturated rings. The molecule has 0 aliphatic heterocycles. The van der Waals surface area contributed by atoms with Crippen molar-refractivity contribution in [2.45, 2.75) is 26.3 Å². The summed E-state index contributed by atoms with van der Waals surface area (Å²) in [4.78, 5) is 35.8. The lowest BCUT2D eigenvalue weighted by Gasteiger charge is -2.20. The lowest BCUT2D eigenvalue weighted by molar-refractivity contribution is -0.123. The second kappa shape index (κ2) is 10.8. The van der Waals surface area contributed by atoms with Crippen molar-refractivity contribution < 1.29 is 28.6 Å². The molecule has 0 saturated heterocycles. The van der Waals surface area contributed by atoms with Crippen molar-refractivity contribution in [1.82, 2.24) is 10.6 Å². The zero-order valence-electron chi connectivity index (χ0n) is 17.3. The van der Waals surface area contributed by atoms with E-state index in [0.29, 0.717) is 12.4 Å². The Kier molecular flexibility index (Phi) is 8.22. The molecule has 3 amide bonds. The molecular formula is C22H26N2O6. The highest BCUT2D eigenvalue weighted by Crippen LogP contribution is 2.19. The highest BCUT2D eigenvalue weighted by atomic mass is 16.5. The summed E-state index contributed by atoms with van der Waals surface area (Å²) >= 11 is 0. The number of nitrogens with one attached hydrogen (secondary N) is 2. The maximum absolute atomic E-state index is 12.3. The number of esters is 1. The minimum atomic E-state index is -0.736. The molecule has 160 valence electrons. The molecular weight excluding hydrogens is 388 g/mol. The highest BCUT2D eigenvalue weighted by molar-refractivity contribution is 5.97. The van der Waals surface area contributed by atoms with Crippen molar-refractivity contribution in [3.8, 4) is 11.5 Å². The van der Waals surface area contributed by atoms with E-state index >= 15 is 0 Å². The average Bonchev–Trinajstić information content (AvgIpc) is 2.69. The lowest BCUT2D eigenvalue weighted by atomic mass is 10.1. The smallest absolute Gasteiger partial charge is 0.342 e. The van der Waals surface area contributed by atoms with Crippen LogP contribution in [0, 0.1) is 0 Å². The van der Waals surface area contributed by atoms with Crippen molar-refractivity contribution in [2.24, 2.45) is 0 Å². The van der Waals surface area contributed by atoms with Crippen LogP contribution in [0.3, 0.4) is 0 Å². The maximum atomic E-state index is 12.3. The monoisotopic (exact) mass is 414 g/mol. The number of hydrogen-bond donors (Lipinski definition) is 2. The van der Waals surface area contributed by atoms with Gasteiger partial charge in [0.25, 0.3) is 5.91 Å². The third-order valence-corrected chi connectivity index (χ3v) is 3.54. The Morgan fingerprint density at radius 2 is 1.50 bits per heavy atom. The van der Waals surface area contributed by atoms with Crippen LogP contribution < -0.4 is 20.1 Å². The first kappa shape index (κ1) is 22.7. The van der Waals surface area contributed by atoms with Crippen LogP contribution in [-0.4, -0.2) is 43.3 Å². The van der Waals surface area contributed by atoms with Gasteiger partial charge in [0.1, 0.15) is 30.3 Å². The largest absolute Gasteiger partial charge is 0.490 e. The molecule has 0 heterocycles. The first-order valence-electron chi connectivity index (χ1n) is 9.43. The van der Waals surface area contributed by atoms with E-state index in [-0.39, 0.29) is 12.2 Å². The van der Waals surface area contributed by atoms with Crippen molar-refractivity contribution in [3.05, 3.63) is 60.2 Å². The van der Waals surface area contributed by atoms with Gasteiger partial charge in [0.05, 0.1) is 0 Å². The van der Waals surface area contributed by atoms with Crippen LogP contribution in [0.1, 0.15) is 31.1 Å². The maximum Gasteiger partial charge on any atom is 0.342 e. The molecule has 2 aromatic rings. The number of benzene rings is 2. The number of carbonyl (C=O) groups is 3. The van der Waals surface area contributed by atoms with Crippen molar-refractivity contribution >= 4 is 17.9 Å². The fourth-order valence-electron chi connectivity index (χ4n) is 2.33. The van der Waals surface area contributed by atoms with E-state index in [1.807, 2.05) is 30.3 Å². The zero-order chi connectivity index (χ0) is 22.0. The molecule has 30 heavy (non-hydrogen) atoms. The Morgan fingerprint density at radius 3 is 2.20 bits per heavy atom. The van der Waals surface area contributed by atoms with E-state index in [0.717, 1.165) is 5.75 Å². The number of carbonyl (C=O) groups excluding carboxylic acids is 3. The van der Waals surface area contributed by atoms with E-state index in [9.17, 15) is 14.4 Å². The third-order valence-electron chi connectivity index (χ3n) is 3.54. The molecule has 2 N–H and O–H groups in total. The molecule has 8 nitrogen and oxygen atoms in total. The molecule has 0 aliphatic carbocycles. The van der Waals surface area contributed by atoms with Crippen LogP contribution in [0.15, 0.2) is 54.6 Å². The van der Waals surface area contributed by atoms with Crippen LogP contribution >= 0.6 is 0 Å². The predicted octanol–water partition coefficient (Wildman–Crippen LogP) is 2.93. The molecule has 0 bridgehead atoms. The van der Waals surface area contributed by atoms with Crippen LogP contribution in [-0.2, 0) is 9.53 Å². The van der Waals surface area contributed by atoms with Gasteiger partial charge in [-0.2, -0.15) is 0 Å². The SMILES string of the molecule is CC(C)(C)NC(=O)NC(=O)COC(=O)c1ccccc1OCCOc1ccccc1. The summed E-state index contributed by atoms with van der Waals surface area (Å²) < 4.78 is 16.2. The highest BCUT2D eigenvalue weighted by Gasteiger charge is 2.18. The minimum absolute atomic E-state index is 0.171. The molecule has 0 aromatic heterocycles. The standard InChI is InChI=1S/C22H26N2O6/c1-22(2,3)24-21(27)23-19(25)15-30-20(26)17-11-7-8-12-18(17)29-14-13-28-16-9-5-4-6-10-16/h4-12H,13-15H2,1-3H3,(H2,23,24,25,27). The lowest BCUT2D eigenvalue weighted by Crippen LogP contribution is -2.49. The van der Waals surface area contributed by atoms with Gasteiger partial charge in [-0.1, -0.05) is 30.3 Å². The molecule has 0 spiro atoms. The summed E-state index contributed by atoms with van der Waals surface area (Å²) in [6.45, 7) is 5.24. The van der Waals surface area contributed by atoms with E-state index < -0.39 is 30.1 Å². The van der Waals surface area contributed by atoms with Gasteiger partial charge in [0.2, 0.25) is 0 Å². The van der Waals surface area contributed by atoms with Gasteiger partial charge < -0.3 is 19.5 Å². The molecule has 0 aliphatic rings.